The van der Waals surface area contributed by atoms with Gasteiger partial charge in [0.2, 0.25) is 5.91 Å². The topological polar surface area (TPSA) is 99.2 Å². The number of esters is 1. The molecule has 0 radical (unpaired) electrons. The van der Waals surface area contributed by atoms with Crippen LogP contribution in [0.5, 0.6) is 0 Å². The van der Waals surface area contributed by atoms with E-state index in [1.807, 2.05) is 13.8 Å². The molecule has 1 aromatic heterocycles. The van der Waals surface area contributed by atoms with Crippen molar-refractivity contribution in [2.24, 2.45) is 0 Å². The van der Waals surface area contributed by atoms with E-state index in [-0.39, 0.29) is 29.9 Å². The van der Waals surface area contributed by atoms with Crippen molar-refractivity contribution < 1.29 is 14.3 Å². The highest BCUT2D eigenvalue weighted by Gasteiger charge is 2.19. The maximum atomic E-state index is 11.7. The molecule has 0 bridgehead atoms. The summed E-state index contributed by atoms with van der Waals surface area (Å²) in [5.41, 5.74) is 5.95. The van der Waals surface area contributed by atoms with Gasteiger partial charge in [-0.25, -0.2) is 9.78 Å². The summed E-state index contributed by atoms with van der Waals surface area (Å²) in [6.07, 6.45) is 1.16. The number of aryl methyl sites for hydroxylation is 1. The number of anilines is 1. The number of nitrogens with two attached hydrogens (primary N) is 1. The van der Waals surface area contributed by atoms with Gasteiger partial charge in [0.05, 0.1) is 7.11 Å². The molecule has 1 heterocycles. The molecule has 0 saturated carbocycles. The number of amides is 1. The Bertz CT molecular complexity index is 496. The summed E-state index contributed by atoms with van der Waals surface area (Å²) < 4.78 is 6.25. The molecule has 0 saturated heterocycles. The minimum absolute atomic E-state index is 0.0496. The van der Waals surface area contributed by atoms with Crippen molar-refractivity contribution >= 4 is 17.7 Å². The molecule has 20 heavy (non-hydrogen) atoms. The second kappa shape index (κ2) is 6.93. The number of rotatable bonds is 6. The molecule has 0 aromatic carbocycles. The van der Waals surface area contributed by atoms with Gasteiger partial charge in [-0.2, -0.15) is 0 Å². The number of hydrogen-bond acceptors (Lipinski definition) is 5. The molecular weight excluding hydrogens is 260 g/mol. The third-order valence-corrected chi connectivity index (χ3v) is 3.16. The molecule has 1 amide bonds. The number of nitrogen functional groups attached to an aromatic ring is 1. The van der Waals surface area contributed by atoms with Crippen LogP contribution < -0.4 is 11.1 Å². The van der Waals surface area contributed by atoms with Crippen LogP contribution in [0.2, 0.25) is 0 Å². The van der Waals surface area contributed by atoms with Crippen LogP contribution in [-0.2, 0) is 16.1 Å². The van der Waals surface area contributed by atoms with Crippen molar-refractivity contribution in [2.45, 2.75) is 46.2 Å². The molecule has 1 atom stereocenters. The van der Waals surface area contributed by atoms with Crippen LogP contribution >= 0.6 is 0 Å². The van der Waals surface area contributed by atoms with E-state index >= 15 is 0 Å². The fourth-order valence-electron chi connectivity index (χ4n) is 1.77. The van der Waals surface area contributed by atoms with Gasteiger partial charge in [0.25, 0.3) is 0 Å². The lowest BCUT2D eigenvalue weighted by atomic mass is 10.2. The monoisotopic (exact) mass is 282 g/mol. The van der Waals surface area contributed by atoms with Crippen LogP contribution in [0, 0.1) is 6.92 Å². The Labute approximate surface area is 118 Å². The summed E-state index contributed by atoms with van der Waals surface area (Å²) in [6, 6.07) is 0.148. The lowest BCUT2D eigenvalue weighted by Crippen LogP contribution is -2.32. The average Bonchev–Trinajstić information content (AvgIpc) is 2.70. The minimum atomic E-state index is -0.576. The Kier molecular flexibility index (Phi) is 5.54. The smallest absolute Gasteiger partial charge is 0.360 e. The Hall–Kier alpha value is -2.05. The van der Waals surface area contributed by atoms with E-state index in [1.54, 1.807) is 11.5 Å². The second-order valence-corrected chi connectivity index (χ2v) is 4.66. The number of hydrogen-bond donors (Lipinski definition) is 2. The molecule has 0 aliphatic carbocycles. The molecule has 0 aliphatic heterocycles. The van der Waals surface area contributed by atoms with Crippen molar-refractivity contribution in [1.82, 2.24) is 14.9 Å². The molecule has 7 heteroatoms. The first-order valence-electron chi connectivity index (χ1n) is 6.60. The first-order valence-corrected chi connectivity index (χ1v) is 6.60. The number of aromatic nitrogens is 2. The largest absolute Gasteiger partial charge is 0.464 e. The zero-order chi connectivity index (χ0) is 15.3. The summed E-state index contributed by atoms with van der Waals surface area (Å²) >= 11 is 0. The van der Waals surface area contributed by atoms with Gasteiger partial charge in [-0.05, 0) is 20.3 Å². The van der Waals surface area contributed by atoms with Gasteiger partial charge in [-0.15, -0.1) is 0 Å². The van der Waals surface area contributed by atoms with Crippen LogP contribution in [0.25, 0.3) is 0 Å². The standard InChI is InChI=1S/C13H22N4O3/c1-5-8(2)15-10(18)6-7-17-9(3)16-11(12(17)14)13(19)20-4/h8H,5-7,14H2,1-4H3,(H,15,18). The molecule has 0 fully saturated rings. The van der Waals surface area contributed by atoms with Crippen LogP contribution in [0.1, 0.15) is 43.0 Å². The van der Waals surface area contributed by atoms with Crippen LogP contribution in [0.3, 0.4) is 0 Å². The van der Waals surface area contributed by atoms with Gasteiger partial charge in [0.15, 0.2) is 5.69 Å². The Balaban J connectivity index is 2.71. The van der Waals surface area contributed by atoms with Crippen LogP contribution in [0.4, 0.5) is 5.82 Å². The van der Waals surface area contributed by atoms with E-state index in [0.29, 0.717) is 12.4 Å². The van der Waals surface area contributed by atoms with Gasteiger partial charge in [-0.1, -0.05) is 6.92 Å². The Morgan fingerprint density at radius 3 is 2.70 bits per heavy atom. The quantitative estimate of drug-likeness (QED) is 0.754. The summed E-state index contributed by atoms with van der Waals surface area (Å²) in [5, 5.41) is 2.87. The predicted molar refractivity (Wildman–Crippen MR) is 75.2 cm³/mol. The average molecular weight is 282 g/mol. The normalized spacial score (nSPS) is 12.0. The molecule has 0 aliphatic rings. The van der Waals surface area contributed by atoms with E-state index in [0.717, 1.165) is 6.42 Å². The van der Waals surface area contributed by atoms with Crippen molar-refractivity contribution in [2.75, 3.05) is 12.8 Å². The predicted octanol–water partition coefficient (Wildman–Crippen LogP) is 0.865. The highest BCUT2D eigenvalue weighted by Crippen LogP contribution is 2.15. The highest BCUT2D eigenvalue weighted by molar-refractivity contribution is 5.92. The number of nitrogens with one attached hydrogen (secondary N) is 1. The number of carbonyl (C=O) groups is 2. The van der Waals surface area contributed by atoms with E-state index < -0.39 is 5.97 Å². The zero-order valence-corrected chi connectivity index (χ0v) is 12.4. The second-order valence-electron chi connectivity index (χ2n) is 4.66. The van der Waals surface area contributed by atoms with Gasteiger partial charge < -0.3 is 20.4 Å². The first-order chi connectivity index (χ1) is 9.40. The van der Waals surface area contributed by atoms with E-state index in [9.17, 15) is 9.59 Å². The minimum Gasteiger partial charge on any atom is -0.464 e. The maximum absolute atomic E-state index is 11.7. The molecule has 0 spiro atoms. The first kappa shape index (κ1) is 16.0. The SMILES string of the molecule is CCC(C)NC(=O)CCn1c(C)nc(C(=O)OC)c1N. The van der Waals surface area contributed by atoms with Crippen molar-refractivity contribution in [1.29, 1.82) is 0 Å². The summed E-state index contributed by atoms with van der Waals surface area (Å²) in [7, 11) is 1.27. The molecule has 1 unspecified atom stereocenters. The number of ether oxygens (including phenoxy) is 1. The molecule has 3 N–H and O–H groups in total. The van der Waals surface area contributed by atoms with E-state index in [1.165, 1.54) is 7.11 Å². The summed E-state index contributed by atoms with van der Waals surface area (Å²) in [4.78, 5) is 27.3. The van der Waals surface area contributed by atoms with E-state index in [4.69, 9.17) is 5.73 Å². The number of nitrogens with zero attached hydrogens (tertiary/aromatic N) is 2. The van der Waals surface area contributed by atoms with Crippen LogP contribution in [-0.4, -0.2) is 34.6 Å². The lowest BCUT2D eigenvalue weighted by molar-refractivity contribution is -0.121. The number of carbonyl (C=O) groups excluding carboxylic acids is 2. The third kappa shape index (κ3) is 3.72. The van der Waals surface area contributed by atoms with Gasteiger partial charge in [0.1, 0.15) is 11.6 Å². The van der Waals surface area contributed by atoms with Gasteiger partial charge in [-0.3, -0.25) is 4.79 Å². The van der Waals surface area contributed by atoms with Crippen molar-refractivity contribution in [3.8, 4) is 0 Å². The molecular formula is C13H22N4O3. The molecule has 1 rings (SSSR count). The Morgan fingerprint density at radius 2 is 2.15 bits per heavy atom. The fraction of sp³-hybridized carbons (Fsp3) is 0.615. The number of methoxy groups -OCH3 is 1. The van der Waals surface area contributed by atoms with Crippen molar-refractivity contribution in [3.05, 3.63) is 11.5 Å². The lowest BCUT2D eigenvalue weighted by Gasteiger charge is -2.12. The summed E-state index contributed by atoms with van der Waals surface area (Å²) in [5.74, 6) is 0.185. The molecule has 7 nitrogen and oxygen atoms in total. The summed E-state index contributed by atoms with van der Waals surface area (Å²) in [6.45, 7) is 6.06. The third-order valence-electron chi connectivity index (χ3n) is 3.16. The maximum Gasteiger partial charge on any atom is 0.360 e. The molecule has 1 aromatic rings. The van der Waals surface area contributed by atoms with Gasteiger partial charge >= 0.3 is 5.97 Å². The van der Waals surface area contributed by atoms with Crippen molar-refractivity contribution in [3.63, 3.8) is 0 Å². The number of imidazole rings is 1. The van der Waals surface area contributed by atoms with Gasteiger partial charge in [0, 0.05) is 19.0 Å². The van der Waals surface area contributed by atoms with E-state index in [2.05, 4.69) is 15.0 Å². The zero-order valence-electron chi connectivity index (χ0n) is 12.4. The Morgan fingerprint density at radius 1 is 1.50 bits per heavy atom. The highest BCUT2D eigenvalue weighted by atomic mass is 16.5. The van der Waals surface area contributed by atoms with Crippen LogP contribution in [0.15, 0.2) is 0 Å². The molecule has 112 valence electrons. The fourth-order valence-corrected chi connectivity index (χ4v) is 1.77.